The van der Waals surface area contributed by atoms with Gasteiger partial charge in [-0.1, -0.05) is 48.5 Å². The highest BCUT2D eigenvalue weighted by Gasteiger charge is 2.44. The molecule has 2 fully saturated rings. The number of rotatable bonds is 6. The van der Waals surface area contributed by atoms with Gasteiger partial charge < -0.3 is 19.1 Å². The topological polar surface area (TPSA) is 78.0 Å². The van der Waals surface area contributed by atoms with Crippen LogP contribution < -0.4 is 9.47 Å². The van der Waals surface area contributed by atoms with Gasteiger partial charge in [-0.3, -0.25) is 4.79 Å². The molecule has 0 spiro atoms. The minimum Gasteiger partial charge on any atom is -0.481 e. The average Bonchev–Trinajstić information content (AvgIpc) is 3.28. The van der Waals surface area contributed by atoms with Crippen LogP contribution in [0.1, 0.15) is 59.5 Å². The molecule has 1 aliphatic carbocycles. The van der Waals surface area contributed by atoms with Gasteiger partial charge in [0.15, 0.2) is 5.78 Å². The first-order valence-corrected chi connectivity index (χ1v) is 13.4. The molecule has 2 aliphatic heterocycles. The molecule has 1 aromatic heterocycles. The lowest BCUT2D eigenvalue weighted by Gasteiger charge is -2.47. The van der Waals surface area contributed by atoms with Gasteiger partial charge >= 0.3 is 6.09 Å². The summed E-state index contributed by atoms with van der Waals surface area (Å²) in [6.07, 6.45) is 3.78. The maximum atomic E-state index is 13.5. The van der Waals surface area contributed by atoms with E-state index in [-0.39, 0.29) is 41.7 Å². The third-order valence-corrected chi connectivity index (χ3v) is 8.40. The zero-order valence-corrected chi connectivity index (χ0v) is 21.8. The van der Waals surface area contributed by atoms with Gasteiger partial charge in [0.25, 0.3) is 0 Å². The number of hydrogen-bond donors (Lipinski definition) is 0. The van der Waals surface area contributed by atoms with Crippen molar-refractivity contribution in [1.29, 1.82) is 0 Å². The van der Waals surface area contributed by atoms with Crippen LogP contribution in [0.15, 0.2) is 60.7 Å². The number of carbonyl (C=O) groups is 2. The first-order valence-electron chi connectivity index (χ1n) is 13.4. The second-order valence-electron chi connectivity index (χ2n) is 10.4. The molecule has 3 aliphatic rings. The zero-order chi connectivity index (χ0) is 26.2. The van der Waals surface area contributed by atoms with E-state index in [0.717, 1.165) is 19.3 Å². The number of Topliss-reactive ketones (excluding diaryl/α,β-unsaturated/α-hetero) is 1. The van der Waals surface area contributed by atoms with E-state index in [0.29, 0.717) is 30.9 Å². The molecule has 7 heteroatoms. The average molecular weight is 513 g/mol. The zero-order valence-electron chi connectivity index (χ0n) is 21.8. The van der Waals surface area contributed by atoms with E-state index in [1.165, 1.54) is 36.5 Å². The summed E-state index contributed by atoms with van der Waals surface area (Å²) in [5.41, 5.74) is 5.29. The summed E-state index contributed by atoms with van der Waals surface area (Å²) in [4.78, 5) is 33.2. The summed E-state index contributed by atoms with van der Waals surface area (Å²) >= 11 is 0. The normalized spacial score (nSPS) is 21.8. The molecule has 2 saturated heterocycles. The number of benzene rings is 2. The SMILES string of the molecule is COc1ccc(C(=O)C2CC3CCCC(C2)N3C(=O)OCC2c3ccccc3-c3ccccc32)c(OC)n1. The summed E-state index contributed by atoms with van der Waals surface area (Å²) in [6, 6.07) is 20.1. The summed E-state index contributed by atoms with van der Waals surface area (Å²) in [5, 5.41) is 0. The number of aromatic nitrogens is 1. The lowest BCUT2D eigenvalue weighted by Crippen LogP contribution is -2.55. The minimum absolute atomic E-state index is 0.00990. The molecule has 2 aromatic carbocycles. The Labute approximate surface area is 222 Å². The lowest BCUT2D eigenvalue weighted by molar-refractivity contribution is 0.00643. The summed E-state index contributed by atoms with van der Waals surface area (Å²) < 4.78 is 16.6. The predicted octanol–water partition coefficient (Wildman–Crippen LogP) is 5.86. The van der Waals surface area contributed by atoms with Crippen molar-refractivity contribution in [1.82, 2.24) is 9.88 Å². The van der Waals surface area contributed by atoms with Crippen LogP contribution in [0.25, 0.3) is 11.1 Å². The van der Waals surface area contributed by atoms with Crippen molar-refractivity contribution in [2.24, 2.45) is 5.92 Å². The molecule has 2 atom stereocenters. The molecule has 2 bridgehead atoms. The number of ketones is 1. The Bertz CT molecular complexity index is 1310. The Morgan fingerprint density at radius 1 is 0.868 bits per heavy atom. The van der Waals surface area contributed by atoms with E-state index >= 15 is 0 Å². The van der Waals surface area contributed by atoms with E-state index in [1.807, 2.05) is 29.2 Å². The Hall–Kier alpha value is -3.87. The highest BCUT2D eigenvalue weighted by molar-refractivity contribution is 6.00. The van der Waals surface area contributed by atoms with Gasteiger partial charge in [0.2, 0.25) is 11.8 Å². The Morgan fingerprint density at radius 2 is 1.50 bits per heavy atom. The lowest BCUT2D eigenvalue weighted by atomic mass is 9.76. The van der Waals surface area contributed by atoms with Crippen molar-refractivity contribution in [3.05, 3.63) is 77.4 Å². The predicted molar refractivity (Wildman–Crippen MR) is 143 cm³/mol. The number of ether oxygens (including phenoxy) is 3. The smallest absolute Gasteiger partial charge is 0.410 e. The standard InChI is InChI=1S/C31H32N2O5/c1-36-28-15-14-26(30(32-28)37-2)29(34)19-16-20-8-7-9-21(17-19)33(20)31(35)38-18-27-24-12-5-3-10-22(24)23-11-4-6-13-25(23)27/h3-6,10-15,19-21,27H,7-9,16-18H2,1-2H3. The van der Waals surface area contributed by atoms with Gasteiger partial charge in [0.05, 0.1) is 19.8 Å². The van der Waals surface area contributed by atoms with Crippen LogP contribution in [-0.4, -0.2) is 54.7 Å². The molecule has 0 N–H and O–H groups in total. The van der Waals surface area contributed by atoms with Crippen LogP contribution in [0.2, 0.25) is 0 Å². The fourth-order valence-corrected chi connectivity index (χ4v) is 6.66. The summed E-state index contributed by atoms with van der Waals surface area (Å²) in [6.45, 7) is 0.305. The van der Waals surface area contributed by atoms with Crippen LogP contribution in [-0.2, 0) is 4.74 Å². The van der Waals surface area contributed by atoms with Crippen LogP contribution in [0.4, 0.5) is 4.79 Å². The van der Waals surface area contributed by atoms with Crippen LogP contribution in [0.5, 0.6) is 11.8 Å². The van der Waals surface area contributed by atoms with Crippen molar-refractivity contribution < 1.29 is 23.8 Å². The molecular weight excluding hydrogens is 480 g/mol. The molecule has 6 rings (SSSR count). The third-order valence-electron chi connectivity index (χ3n) is 8.40. The van der Waals surface area contributed by atoms with Crippen LogP contribution >= 0.6 is 0 Å². The second kappa shape index (κ2) is 10.1. The van der Waals surface area contributed by atoms with E-state index in [1.54, 1.807) is 12.1 Å². The fraction of sp³-hybridized carbons (Fsp3) is 0.387. The van der Waals surface area contributed by atoms with Crippen molar-refractivity contribution in [3.8, 4) is 22.9 Å². The van der Waals surface area contributed by atoms with Crippen molar-refractivity contribution in [2.75, 3.05) is 20.8 Å². The largest absolute Gasteiger partial charge is 0.481 e. The van der Waals surface area contributed by atoms with Gasteiger partial charge in [0.1, 0.15) is 6.61 Å². The molecule has 1 amide bonds. The number of methoxy groups -OCH3 is 2. The Morgan fingerprint density at radius 3 is 2.11 bits per heavy atom. The van der Waals surface area contributed by atoms with E-state index in [4.69, 9.17) is 14.2 Å². The minimum atomic E-state index is -0.267. The summed E-state index contributed by atoms with van der Waals surface area (Å²) in [7, 11) is 3.04. The fourth-order valence-electron chi connectivity index (χ4n) is 6.66. The molecule has 3 heterocycles. The molecule has 3 aromatic rings. The van der Waals surface area contributed by atoms with E-state index in [9.17, 15) is 9.59 Å². The molecule has 38 heavy (non-hydrogen) atoms. The highest BCUT2D eigenvalue weighted by atomic mass is 16.6. The van der Waals surface area contributed by atoms with E-state index < -0.39 is 0 Å². The Balaban J connectivity index is 1.16. The Kier molecular flexibility index (Phi) is 6.52. The van der Waals surface area contributed by atoms with Gasteiger partial charge in [-0.2, -0.15) is 4.98 Å². The highest BCUT2D eigenvalue weighted by Crippen LogP contribution is 2.45. The number of pyridine rings is 1. The molecule has 196 valence electrons. The number of hydrogen-bond acceptors (Lipinski definition) is 6. The van der Waals surface area contributed by atoms with Gasteiger partial charge in [0, 0.05) is 30.0 Å². The first-order chi connectivity index (χ1) is 18.6. The second-order valence-corrected chi connectivity index (χ2v) is 10.4. The first kappa shape index (κ1) is 24.5. The van der Waals surface area contributed by atoms with Gasteiger partial charge in [-0.15, -0.1) is 0 Å². The summed E-state index contributed by atoms with van der Waals surface area (Å²) in [5.74, 6) is 0.535. The van der Waals surface area contributed by atoms with Crippen molar-refractivity contribution >= 4 is 11.9 Å². The number of piperidine rings is 2. The maximum absolute atomic E-state index is 13.5. The van der Waals surface area contributed by atoms with Crippen molar-refractivity contribution in [2.45, 2.75) is 50.1 Å². The van der Waals surface area contributed by atoms with Crippen LogP contribution in [0.3, 0.4) is 0 Å². The molecule has 0 saturated carbocycles. The quantitative estimate of drug-likeness (QED) is 0.385. The third kappa shape index (κ3) is 4.20. The number of nitrogens with zero attached hydrogens (tertiary/aromatic N) is 2. The maximum Gasteiger partial charge on any atom is 0.410 e. The van der Waals surface area contributed by atoms with Crippen molar-refractivity contribution in [3.63, 3.8) is 0 Å². The number of fused-ring (bicyclic) bond motifs is 5. The number of carbonyl (C=O) groups excluding carboxylic acids is 2. The molecular formula is C31H32N2O5. The molecule has 7 nitrogen and oxygen atoms in total. The van der Waals surface area contributed by atoms with Gasteiger partial charge in [-0.25, -0.2) is 4.79 Å². The van der Waals surface area contributed by atoms with Crippen LogP contribution in [0, 0.1) is 5.92 Å². The number of amides is 1. The molecule has 2 unspecified atom stereocenters. The van der Waals surface area contributed by atoms with Gasteiger partial charge in [-0.05, 0) is 60.4 Å². The van der Waals surface area contributed by atoms with E-state index in [2.05, 4.69) is 29.2 Å². The molecule has 0 radical (unpaired) electrons. The monoisotopic (exact) mass is 512 g/mol.